The molecule has 0 saturated carbocycles. The minimum Gasteiger partial charge on any atom is -0.468 e. The summed E-state index contributed by atoms with van der Waals surface area (Å²) in [7, 11) is 4.19. The van der Waals surface area contributed by atoms with Crippen LogP contribution < -0.4 is 5.32 Å². The molecule has 0 bridgehead atoms. The fraction of sp³-hybridized carbons (Fsp3) is 0.733. The smallest absolute Gasteiger partial charge is 0.122 e. The lowest BCUT2D eigenvalue weighted by Crippen LogP contribution is -2.39. The zero-order valence-corrected chi connectivity index (χ0v) is 12.5. The van der Waals surface area contributed by atoms with Crippen molar-refractivity contribution < 1.29 is 4.42 Å². The highest BCUT2D eigenvalue weighted by Crippen LogP contribution is 2.19. The van der Waals surface area contributed by atoms with Crippen LogP contribution in [-0.4, -0.2) is 49.6 Å². The molecule has 1 aliphatic rings. The van der Waals surface area contributed by atoms with E-state index in [0.29, 0.717) is 6.04 Å². The molecule has 1 aliphatic heterocycles. The standard InChI is InChI=1S/C15H27N3O/c1-4-14-12-17(3)7-5-8-18(14)11-13-6-9-19-15(13)10-16-2/h6,9,14,16H,4-5,7-8,10-12H2,1-3H3. The van der Waals surface area contributed by atoms with Crippen LogP contribution in [0.4, 0.5) is 0 Å². The van der Waals surface area contributed by atoms with Crippen LogP contribution in [0.2, 0.25) is 0 Å². The molecular formula is C15H27N3O. The molecule has 19 heavy (non-hydrogen) atoms. The number of hydrogen-bond donors (Lipinski definition) is 1. The fourth-order valence-corrected chi connectivity index (χ4v) is 2.93. The highest BCUT2D eigenvalue weighted by Gasteiger charge is 2.23. The summed E-state index contributed by atoms with van der Waals surface area (Å²) in [4.78, 5) is 5.07. The van der Waals surface area contributed by atoms with Crippen molar-refractivity contribution in [3.63, 3.8) is 0 Å². The molecule has 0 radical (unpaired) electrons. The maximum absolute atomic E-state index is 5.57. The third-order valence-corrected chi connectivity index (χ3v) is 4.04. The van der Waals surface area contributed by atoms with Gasteiger partial charge in [-0.15, -0.1) is 0 Å². The van der Waals surface area contributed by atoms with Gasteiger partial charge in [0.05, 0.1) is 12.8 Å². The zero-order chi connectivity index (χ0) is 13.7. The van der Waals surface area contributed by atoms with Gasteiger partial charge >= 0.3 is 0 Å². The average Bonchev–Trinajstić information content (AvgIpc) is 2.74. The van der Waals surface area contributed by atoms with Crippen molar-refractivity contribution in [1.82, 2.24) is 15.1 Å². The van der Waals surface area contributed by atoms with Gasteiger partial charge in [-0.2, -0.15) is 0 Å². The van der Waals surface area contributed by atoms with Crippen molar-refractivity contribution >= 4 is 0 Å². The molecule has 0 aliphatic carbocycles. The van der Waals surface area contributed by atoms with E-state index in [4.69, 9.17) is 4.42 Å². The highest BCUT2D eigenvalue weighted by atomic mass is 16.3. The number of hydrogen-bond acceptors (Lipinski definition) is 4. The summed E-state index contributed by atoms with van der Waals surface area (Å²) >= 11 is 0. The van der Waals surface area contributed by atoms with Crippen molar-refractivity contribution in [3.05, 3.63) is 23.7 Å². The number of furan rings is 1. The average molecular weight is 265 g/mol. The van der Waals surface area contributed by atoms with Crippen LogP contribution in [0.5, 0.6) is 0 Å². The first kappa shape index (κ1) is 14.6. The van der Waals surface area contributed by atoms with Gasteiger partial charge < -0.3 is 14.6 Å². The van der Waals surface area contributed by atoms with Crippen molar-refractivity contribution in [1.29, 1.82) is 0 Å². The van der Waals surface area contributed by atoms with Crippen LogP contribution in [-0.2, 0) is 13.1 Å². The molecule has 1 N–H and O–H groups in total. The molecule has 0 amide bonds. The summed E-state index contributed by atoms with van der Waals surface area (Å²) in [5, 5.41) is 3.17. The molecular weight excluding hydrogens is 238 g/mol. The summed E-state index contributed by atoms with van der Waals surface area (Å²) in [5.74, 6) is 1.08. The Kier molecular flexibility index (Phi) is 5.43. The molecule has 0 spiro atoms. The second-order valence-corrected chi connectivity index (χ2v) is 5.55. The first-order valence-electron chi connectivity index (χ1n) is 7.37. The maximum atomic E-state index is 5.57. The Morgan fingerprint density at radius 1 is 1.42 bits per heavy atom. The van der Waals surface area contributed by atoms with Crippen LogP contribution in [0.15, 0.2) is 16.7 Å². The van der Waals surface area contributed by atoms with Gasteiger partial charge in [-0.25, -0.2) is 0 Å². The molecule has 4 nitrogen and oxygen atoms in total. The van der Waals surface area contributed by atoms with E-state index >= 15 is 0 Å². The van der Waals surface area contributed by atoms with E-state index in [1.807, 2.05) is 13.3 Å². The predicted octanol–water partition coefficient (Wildman–Crippen LogP) is 1.92. The normalized spacial score (nSPS) is 22.6. The minimum absolute atomic E-state index is 0.657. The Morgan fingerprint density at radius 3 is 3.00 bits per heavy atom. The number of nitrogens with zero attached hydrogens (tertiary/aromatic N) is 2. The van der Waals surface area contributed by atoms with E-state index in [2.05, 4.69) is 35.2 Å². The minimum atomic E-state index is 0.657. The molecule has 4 heteroatoms. The van der Waals surface area contributed by atoms with Crippen LogP contribution in [0.1, 0.15) is 31.1 Å². The van der Waals surface area contributed by atoms with Crippen LogP contribution >= 0.6 is 0 Å². The first-order valence-corrected chi connectivity index (χ1v) is 7.37. The lowest BCUT2D eigenvalue weighted by atomic mass is 10.1. The largest absolute Gasteiger partial charge is 0.468 e. The van der Waals surface area contributed by atoms with Gasteiger partial charge in [0.15, 0.2) is 0 Å². The van der Waals surface area contributed by atoms with Crippen molar-refractivity contribution in [3.8, 4) is 0 Å². The van der Waals surface area contributed by atoms with Gasteiger partial charge in [0.2, 0.25) is 0 Å². The van der Waals surface area contributed by atoms with E-state index in [1.165, 1.54) is 38.0 Å². The fourth-order valence-electron chi connectivity index (χ4n) is 2.93. The Morgan fingerprint density at radius 2 is 2.26 bits per heavy atom. The van der Waals surface area contributed by atoms with E-state index in [0.717, 1.165) is 18.8 Å². The SMILES string of the molecule is CCC1CN(C)CCCN1Cc1ccoc1CNC. The van der Waals surface area contributed by atoms with Gasteiger partial charge in [0.1, 0.15) is 5.76 Å². The lowest BCUT2D eigenvalue weighted by molar-refractivity contribution is 0.175. The molecule has 1 unspecified atom stereocenters. The summed E-state index contributed by atoms with van der Waals surface area (Å²) in [6.07, 6.45) is 4.28. The van der Waals surface area contributed by atoms with E-state index in [1.54, 1.807) is 0 Å². The molecule has 1 aromatic heterocycles. The third kappa shape index (κ3) is 3.81. The van der Waals surface area contributed by atoms with Crippen molar-refractivity contribution in [2.75, 3.05) is 33.7 Å². The Labute approximate surface area is 116 Å². The second kappa shape index (κ2) is 7.08. The topological polar surface area (TPSA) is 31.6 Å². The quantitative estimate of drug-likeness (QED) is 0.881. The summed E-state index contributed by atoms with van der Waals surface area (Å²) in [5.41, 5.74) is 1.33. The molecule has 108 valence electrons. The number of rotatable bonds is 5. The number of nitrogens with one attached hydrogen (secondary N) is 1. The Bertz CT molecular complexity index is 377. The van der Waals surface area contributed by atoms with E-state index in [9.17, 15) is 0 Å². The molecule has 1 atom stereocenters. The predicted molar refractivity (Wildman–Crippen MR) is 78.1 cm³/mol. The summed E-state index contributed by atoms with van der Waals surface area (Å²) in [6.45, 7) is 7.69. The summed E-state index contributed by atoms with van der Waals surface area (Å²) < 4.78 is 5.57. The zero-order valence-electron chi connectivity index (χ0n) is 12.5. The summed E-state index contributed by atoms with van der Waals surface area (Å²) in [6, 6.07) is 2.78. The Balaban J connectivity index is 2.04. The van der Waals surface area contributed by atoms with E-state index in [-0.39, 0.29) is 0 Å². The van der Waals surface area contributed by atoms with Crippen molar-refractivity contribution in [2.45, 2.75) is 38.9 Å². The maximum Gasteiger partial charge on any atom is 0.122 e. The van der Waals surface area contributed by atoms with Gasteiger partial charge in [-0.05, 0) is 39.5 Å². The molecule has 2 rings (SSSR count). The van der Waals surface area contributed by atoms with Crippen LogP contribution in [0.25, 0.3) is 0 Å². The van der Waals surface area contributed by atoms with Gasteiger partial charge in [0, 0.05) is 31.2 Å². The molecule has 1 fully saturated rings. The second-order valence-electron chi connectivity index (χ2n) is 5.55. The van der Waals surface area contributed by atoms with E-state index < -0.39 is 0 Å². The lowest BCUT2D eigenvalue weighted by Gasteiger charge is -2.30. The third-order valence-electron chi connectivity index (χ3n) is 4.04. The van der Waals surface area contributed by atoms with Gasteiger partial charge in [-0.1, -0.05) is 6.92 Å². The number of likely N-dealkylation sites (N-methyl/N-ethyl adjacent to an activating group) is 1. The Hall–Kier alpha value is -0.840. The molecule has 0 aromatic carbocycles. The van der Waals surface area contributed by atoms with Gasteiger partial charge in [0.25, 0.3) is 0 Å². The highest BCUT2D eigenvalue weighted by molar-refractivity contribution is 5.17. The molecule has 2 heterocycles. The molecule has 1 aromatic rings. The monoisotopic (exact) mass is 265 g/mol. The van der Waals surface area contributed by atoms with Crippen LogP contribution in [0.3, 0.4) is 0 Å². The first-order chi connectivity index (χ1) is 9.24. The van der Waals surface area contributed by atoms with Crippen molar-refractivity contribution in [2.24, 2.45) is 0 Å². The molecule has 1 saturated heterocycles. The van der Waals surface area contributed by atoms with Gasteiger partial charge in [-0.3, -0.25) is 4.90 Å². The van der Waals surface area contributed by atoms with Crippen LogP contribution in [0, 0.1) is 0 Å².